The Hall–Kier alpha value is -2.40. The molecule has 12 heteroatoms. The molecule has 9 nitrogen and oxygen atoms in total. The molecule has 17 heavy (non-hydrogen) atoms. The first-order valence-corrected chi connectivity index (χ1v) is 3.79. The quantitative estimate of drug-likeness (QED) is 0.636. The Morgan fingerprint density at radius 3 is 2.29 bits per heavy atom. The summed E-state index contributed by atoms with van der Waals surface area (Å²) in [7, 11) is 0. The number of nitrogens with one attached hydrogen (secondary N) is 1. The molecule has 94 valence electrons. The van der Waals surface area contributed by atoms with Crippen LogP contribution in [0.5, 0.6) is 5.75 Å². The van der Waals surface area contributed by atoms with Gasteiger partial charge in [-0.1, -0.05) is 0 Å². The largest absolute Gasteiger partial charge is 0.470 e. The van der Waals surface area contributed by atoms with Gasteiger partial charge >= 0.3 is 23.6 Å². The van der Waals surface area contributed by atoms with Crippen molar-refractivity contribution in [3.8, 4) is 5.75 Å². The van der Waals surface area contributed by atoms with Crippen LogP contribution in [0.15, 0.2) is 0 Å². The van der Waals surface area contributed by atoms with Crippen LogP contribution in [0.3, 0.4) is 0 Å². The van der Waals surface area contributed by atoms with E-state index in [4.69, 9.17) is 0 Å². The van der Waals surface area contributed by atoms with Crippen molar-refractivity contribution in [3.63, 3.8) is 0 Å². The third-order valence-corrected chi connectivity index (χ3v) is 1.42. The molecule has 0 bridgehead atoms. The number of nitro groups is 2. The number of hydrogen-bond donors (Lipinski definition) is 1. The Morgan fingerprint density at radius 2 is 1.88 bits per heavy atom. The first-order chi connectivity index (χ1) is 7.72. The lowest BCUT2D eigenvalue weighted by molar-refractivity contribution is -0.396. The third-order valence-electron chi connectivity index (χ3n) is 1.42. The number of ether oxygens (including phenoxy) is 1. The number of alkyl halides is 3. The molecule has 1 heterocycles. The van der Waals surface area contributed by atoms with E-state index >= 15 is 0 Å². The summed E-state index contributed by atoms with van der Waals surface area (Å²) in [5.74, 6) is -3.45. The Bertz CT molecular complexity index is 423. The zero-order valence-electron chi connectivity index (χ0n) is 7.72. The molecule has 1 N–H and O–H groups in total. The van der Waals surface area contributed by atoms with Crippen molar-refractivity contribution in [2.45, 2.75) is 6.18 Å². The van der Waals surface area contributed by atoms with Crippen LogP contribution in [0.2, 0.25) is 0 Å². The number of hydrogen-bond acceptors (Lipinski definition) is 6. The molecule has 0 spiro atoms. The molecule has 0 atom stereocenters. The summed E-state index contributed by atoms with van der Waals surface area (Å²) >= 11 is 0. The van der Waals surface area contributed by atoms with E-state index in [-0.39, 0.29) is 0 Å². The minimum absolute atomic E-state index is 1.11. The molecule has 0 aromatic carbocycles. The summed E-state index contributed by atoms with van der Waals surface area (Å²) in [6.45, 7) is -1.89. The monoisotopic (exact) mass is 256 g/mol. The van der Waals surface area contributed by atoms with Crippen molar-refractivity contribution in [3.05, 3.63) is 20.2 Å². The van der Waals surface area contributed by atoms with E-state index < -0.39 is 40.0 Å². The number of aromatic amines is 1. The smallest absolute Gasteiger partial charge is 0.462 e. The molecule has 0 saturated heterocycles. The van der Waals surface area contributed by atoms with E-state index in [1.165, 1.54) is 0 Å². The van der Waals surface area contributed by atoms with Crippen LogP contribution in [-0.4, -0.2) is 32.8 Å². The molecule has 1 aromatic heterocycles. The van der Waals surface area contributed by atoms with Crippen molar-refractivity contribution in [1.29, 1.82) is 0 Å². The topological polar surface area (TPSA) is 124 Å². The molecule has 0 unspecified atom stereocenters. The van der Waals surface area contributed by atoms with E-state index in [2.05, 4.69) is 9.84 Å². The van der Waals surface area contributed by atoms with Crippen LogP contribution in [0.4, 0.5) is 24.8 Å². The maximum absolute atomic E-state index is 11.8. The maximum Gasteiger partial charge on any atom is 0.462 e. The molecule has 0 radical (unpaired) electrons. The molecule has 0 fully saturated rings. The summed E-state index contributed by atoms with van der Waals surface area (Å²) in [5.41, 5.74) is 0. The fourth-order valence-corrected chi connectivity index (χ4v) is 0.848. The minimum atomic E-state index is -4.78. The van der Waals surface area contributed by atoms with Gasteiger partial charge in [0.25, 0.3) is 0 Å². The maximum atomic E-state index is 11.8. The average molecular weight is 256 g/mol. The minimum Gasteiger partial charge on any atom is -0.470 e. The fourth-order valence-electron chi connectivity index (χ4n) is 0.848. The molecular formula is C5H3F3N4O5. The van der Waals surface area contributed by atoms with Crippen LogP contribution in [0, 0.1) is 20.2 Å². The highest BCUT2D eigenvalue weighted by Gasteiger charge is 2.37. The van der Waals surface area contributed by atoms with Gasteiger partial charge in [0, 0.05) is 0 Å². The van der Waals surface area contributed by atoms with Crippen LogP contribution in [-0.2, 0) is 0 Å². The lowest BCUT2D eigenvalue weighted by Crippen LogP contribution is -2.19. The van der Waals surface area contributed by atoms with E-state index in [0.717, 1.165) is 0 Å². The summed E-state index contributed by atoms with van der Waals surface area (Å²) in [6, 6.07) is 0. The lowest BCUT2D eigenvalue weighted by atomic mass is 10.5. The number of nitrogens with zero attached hydrogens (tertiary/aromatic N) is 3. The molecule has 0 amide bonds. The summed E-state index contributed by atoms with van der Waals surface area (Å²) < 4.78 is 39.4. The van der Waals surface area contributed by atoms with Gasteiger partial charge in [0.15, 0.2) is 11.7 Å². The standard InChI is InChI=1S/C5H3F3N4O5/c6-5(7,8)1-17-2-3(11(13)14)9-10-4(2)12(15)16/h1H2,(H,9,10). The zero-order valence-corrected chi connectivity index (χ0v) is 7.72. The molecule has 1 rings (SSSR count). The van der Waals surface area contributed by atoms with Gasteiger partial charge in [-0.15, -0.1) is 0 Å². The predicted octanol–water partition coefficient (Wildman–Crippen LogP) is 1.17. The van der Waals surface area contributed by atoms with E-state index in [0.29, 0.717) is 0 Å². The number of halogens is 3. The van der Waals surface area contributed by atoms with Crippen LogP contribution in [0.1, 0.15) is 0 Å². The number of aromatic nitrogens is 2. The van der Waals surface area contributed by atoms with Crippen molar-refractivity contribution < 1.29 is 27.8 Å². The van der Waals surface area contributed by atoms with E-state index in [1.807, 2.05) is 0 Å². The Kier molecular flexibility index (Phi) is 3.15. The van der Waals surface area contributed by atoms with Gasteiger partial charge in [-0.05, 0) is 14.9 Å². The van der Waals surface area contributed by atoms with Gasteiger partial charge in [0.05, 0.1) is 0 Å². The second-order valence-electron chi connectivity index (χ2n) is 2.64. The predicted molar refractivity (Wildman–Crippen MR) is 43.4 cm³/mol. The summed E-state index contributed by atoms with van der Waals surface area (Å²) in [5, 5.41) is 25.1. The van der Waals surface area contributed by atoms with E-state index in [9.17, 15) is 33.4 Å². The molecule has 0 aliphatic carbocycles. The molecular weight excluding hydrogens is 253 g/mol. The fraction of sp³-hybridized carbons (Fsp3) is 0.400. The van der Waals surface area contributed by atoms with Gasteiger partial charge in [-0.3, -0.25) is 0 Å². The van der Waals surface area contributed by atoms with Crippen molar-refractivity contribution in [1.82, 2.24) is 10.2 Å². The van der Waals surface area contributed by atoms with Crippen molar-refractivity contribution >= 4 is 11.6 Å². The van der Waals surface area contributed by atoms with Gasteiger partial charge in [0.2, 0.25) is 0 Å². The van der Waals surface area contributed by atoms with Gasteiger partial charge in [0.1, 0.15) is 0 Å². The highest BCUT2D eigenvalue weighted by molar-refractivity contribution is 5.51. The summed E-state index contributed by atoms with van der Waals surface area (Å²) in [4.78, 5) is 18.3. The second kappa shape index (κ2) is 4.23. The van der Waals surface area contributed by atoms with E-state index in [1.54, 1.807) is 5.10 Å². The molecule has 0 aliphatic rings. The van der Waals surface area contributed by atoms with Gasteiger partial charge < -0.3 is 25.0 Å². The average Bonchev–Trinajstić information content (AvgIpc) is 2.56. The van der Waals surface area contributed by atoms with Gasteiger partial charge in [-0.2, -0.15) is 13.2 Å². The SMILES string of the molecule is O=[N+]([O-])c1n[nH]c([N+](=O)[O-])c1OCC(F)(F)F. The number of rotatable bonds is 4. The molecule has 1 aromatic rings. The normalized spacial score (nSPS) is 11.2. The van der Waals surface area contributed by atoms with Crippen LogP contribution < -0.4 is 4.74 Å². The second-order valence-corrected chi connectivity index (χ2v) is 2.64. The van der Waals surface area contributed by atoms with Crippen LogP contribution >= 0.6 is 0 Å². The Balaban J connectivity index is 3.05. The highest BCUT2D eigenvalue weighted by Crippen LogP contribution is 2.34. The van der Waals surface area contributed by atoms with Crippen molar-refractivity contribution in [2.75, 3.05) is 6.61 Å². The van der Waals surface area contributed by atoms with Crippen LogP contribution in [0.25, 0.3) is 0 Å². The number of H-pyrrole nitrogens is 1. The highest BCUT2D eigenvalue weighted by atomic mass is 19.4. The molecule has 0 aliphatic heterocycles. The molecule has 0 saturated carbocycles. The zero-order chi connectivity index (χ0) is 13.2. The lowest BCUT2D eigenvalue weighted by Gasteiger charge is -2.06. The van der Waals surface area contributed by atoms with Gasteiger partial charge in [-0.25, -0.2) is 0 Å². The Morgan fingerprint density at radius 1 is 1.29 bits per heavy atom. The third kappa shape index (κ3) is 3.02. The first-order valence-electron chi connectivity index (χ1n) is 3.79. The first kappa shape index (κ1) is 12.7. The summed E-state index contributed by atoms with van der Waals surface area (Å²) in [6.07, 6.45) is -4.78. The van der Waals surface area contributed by atoms with Crippen molar-refractivity contribution in [2.24, 2.45) is 0 Å². The Labute approximate surface area is 89.5 Å².